The lowest BCUT2D eigenvalue weighted by molar-refractivity contribution is -0.131. The number of benzene rings is 3. The van der Waals surface area contributed by atoms with Gasteiger partial charge in [0, 0.05) is 36.3 Å². The number of amides is 2. The minimum absolute atomic E-state index is 0.176. The molecule has 1 aliphatic heterocycles. The number of anilines is 2. The first kappa shape index (κ1) is 25.6. The van der Waals surface area contributed by atoms with Crippen molar-refractivity contribution in [1.82, 2.24) is 15.3 Å². The number of carbonyl (C=O) groups is 2. The Morgan fingerprint density at radius 2 is 1.77 bits per heavy atom. The molecule has 2 amide bonds. The molecule has 6 rings (SSSR count). The van der Waals surface area contributed by atoms with Gasteiger partial charge in [0.1, 0.15) is 11.4 Å². The van der Waals surface area contributed by atoms with Crippen LogP contribution in [0.15, 0.2) is 60.7 Å². The van der Waals surface area contributed by atoms with Gasteiger partial charge in [-0.05, 0) is 67.3 Å². The second-order valence-corrected chi connectivity index (χ2v) is 10.7. The van der Waals surface area contributed by atoms with Crippen molar-refractivity contribution in [2.24, 2.45) is 0 Å². The van der Waals surface area contributed by atoms with Crippen LogP contribution < -0.4 is 15.5 Å². The van der Waals surface area contributed by atoms with E-state index >= 15 is 0 Å². The molecule has 198 valence electrons. The van der Waals surface area contributed by atoms with Crippen LogP contribution in [0.2, 0.25) is 10.0 Å². The molecule has 8 nitrogen and oxygen atoms in total. The molecule has 4 aromatic rings. The van der Waals surface area contributed by atoms with Crippen LogP contribution in [-0.4, -0.2) is 45.6 Å². The highest BCUT2D eigenvalue weighted by molar-refractivity contribution is 6.34. The number of carbonyl (C=O) groups excluding carboxylic acids is 2. The number of halogens is 2. The predicted molar refractivity (Wildman–Crippen MR) is 152 cm³/mol. The van der Waals surface area contributed by atoms with Gasteiger partial charge in [-0.15, -0.1) is 0 Å². The fourth-order valence-electron chi connectivity index (χ4n) is 4.47. The molecule has 1 aromatic heterocycles. The summed E-state index contributed by atoms with van der Waals surface area (Å²) in [7, 11) is 0. The maximum atomic E-state index is 13.2. The number of hydrogen-bond acceptors (Lipinski definition) is 6. The van der Waals surface area contributed by atoms with Crippen molar-refractivity contribution in [3.63, 3.8) is 0 Å². The van der Waals surface area contributed by atoms with E-state index in [-0.39, 0.29) is 17.1 Å². The molecule has 0 spiro atoms. The minimum atomic E-state index is -1.26. The number of aromatic nitrogens is 2. The standard InChI is InChI=1S/C29H25Cl2N5O3/c30-22-5-2-1-4-19(22)25-34-24-15-18(7-8-20(24)26(35-25)36-12-3-13-36)33-27(37)21-14-17(6-9-23(21)31)16-32-28(38)29(39)10-11-29/h1-2,4-9,14-15,39H,3,10-13,16H2,(H,32,38)(H,33,37). The van der Waals surface area contributed by atoms with Crippen LogP contribution in [-0.2, 0) is 11.3 Å². The zero-order valence-corrected chi connectivity index (χ0v) is 22.4. The van der Waals surface area contributed by atoms with Gasteiger partial charge < -0.3 is 20.6 Å². The summed E-state index contributed by atoms with van der Waals surface area (Å²) < 4.78 is 0. The Hall–Kier alpha value is -3.72. The van der Waals surface area contributed by atoms with Crippen molar-refractivity contribution >= 4 is 57.4 Å². The molecule has 0 bridgehead atoms. The van der Waals surface area contributed by atoms with Crippen molar-refractivity contribution in [1.29, 1.82) is 0 Å². The average Bonchev–Trinajstić information content (AvgIpc) is 3.65. The van der Waals surface area contributed by atoms with Crippen LogP contribution in [0.25, 0.3) is 22.3 Å². The molecule has 1 saturated heterocycles. The molecular weight excluding hydrogens is 537 g/mol. The molecule has 3 N–H and O–H groups in total. The smallest absolute Gasteiger partial charge is 0.257 e. The molecule has 0 atom stereocenters. The lowest BCUT2D eigenvalue weighted by Crippen LogP contribution is -2.37. The first-order valence-corrected chi connectivity index (χ1v) is 13.5. The Morgan fingerprint density at radius 1 is 0.974 bits per heavy atom. The maximum absolute atomic E-state index is 13.2. The highest BCUT2D eigenvalue weighted by Gasteiger charge is 2.47. The Morgan fingerprint density at radius 3 is 2.49 bits per heavy atom. The number of fused-ring (bicyclic) bond motifs is 1. The van der Waals surface area contributed by atoms with E-state index in [4.69, 9.17) is 33.2 Å². The Kier molecular flexibility index (Phi) is 6.62. The van der Waals surface area contributed by atoms with Crippen molar-refractivity contribution in [2.45, 2.75) is 31.4 Å². The van der Waals surface area contributed by atoms with E-state index in [9.17, 15) is 14.7 Å². The summed E-state index contributed by atoms with van der Waals surface area (Å²) in [4.78, 5) is 37.1. The first-order valence-electron chi connectivity index (χ1n) is 12.7. The quantitative estimate of drug-likeness (QED) is 0.286. The highest BCUT2D eigenvalue weighted by atomic mass is 35.5. The molecule has 2 heterocycles. The summed E-state index contributed by atoms with van der Waals surface area (Å²) in [5.74, 6) is 0.562. The van der Waals surface area contributed by atoms with Gasteiger partial charge >= 0.3 is 0 Å². The summed E-state index contributed by atoms with van der Waals surface area (Å²) in [5.41, 5.74) is 1.68. The second kappa shape index (κ2) is 10.1. The zero-order valence-electron chi connectivity index (χ0n) is 20.9. The highest BCUT2D eigenvalue weighted by Crippen LogP contribution is 2.35. The van der Waals surface area contributed by atoms with Gasteiger partial charge in [0.15, 0.2) is 5.82 Å². The minimum Gasteiger partial charge on any atom is -0.380 e. The number of hydrogen-bond donors (Lipinski definition) is 3. The van der Waals surface area contributed by atoms with Crippen LogP contribution >= 0.6 is 23.2 Å². The number of aliphatic hydroxyl groups is 1. The zero-order chi connectivity index (χ0) is 27.1. The van der Waals surface area contributed by atoms with E-state index in [1.807, 2.05) is 42.5 Å². The SMILES string of the molecule is O=C(Nc1ccc2c(N3CCC3)nc(-c3ccccc3Cl)nc2c1)c1cc(CNC(=O)C2(O)CC2)ccc1Cl. The number of nitrogens with one attached hydrogen (secondary N) is 2. The van der Waals surface area contributed by atoms with Crippen LogP contribution in [0.5, 0.6) is 0 Å². The predicted octanol–water partition coefficient (Wildman–Crippen LogP) is 5.21. The largest absolute Gasteiger partial charge is 0.380 e. The molecule has 39 heavy (non-hydrogen) atoms. The van der Waals surface area contributed by atoms with E-state index in [0.29, 0.717) is 40.5 Å². The van der Waals surface area contributed by atoms with Crippen LogP contribution in [0, 0.1) is 0 Å². The third-order valence-electron chi connectivity index (χ3n) is 7.08. The van der Waals surface area contributed by atoms with Crippen LogP contribution in [0.1, 0.15) is 35.2 Å². The van der Waals surface area contributed by atoms with Gasteiger partial charge in [0.05, 0.1) is 21.1 Å². The number of rotatable bonds is 7. The molecule has 3 aromatic carbocycles. The van der Waals surface area contributed by atoms with Gasteiger partial charge in [-0.1, -0.05) is 41.4 Å². The summed E-state index contributed by atoms with van der Waals surface area (Å²) in [6.45, 7) is 2.01. The Balaban J connectivity index is 1.27. The molecule has 0 unspecified atom stereocenters. The summed E-state index contributed by atoms with van der Waals surface area (Å²) in [6, 6.07) is 18.0. The molecule has 2 aliphatic rings. The average molecular weight is 562 g/mol. The van der Waals surface area contributed by atoms with Gasteiger partial charge in [-0.2, -0.15) is 0 Å². The topological polar surface area (TPSA) is 107 Å². The molecule has 0 radical (unpaired) electrons. The lowest BCUT2D eigenvalue weighted by atomic mass is 10.1. The second-order valence-electron chi connectivity index (χ2n) is 9.91. The third kappa shape index (κ3) is 5.15. The molecular formula is C29H25Cl2N5O3. The molecule has 1 aliphatic carbocycles. The van der Waals surface area contributed by atoms with E-state index < -0.39 is 17.4 Å². The summed E-state index contributed by atoms with van der Waals surface area (Å²) in [5, 5.41) is 17.3. The third-order valence-corrected chi connectivity index (χ3v) is 7.74. The van der Waals surface area contributed by atoms with E-state index in [2.05, 4.69) is 15.5 Å². The lowest BCUT2D eigenvalue weighted by Gasteiger charge is -2.33. The van der Waals surface area contributed by atoms with Crippen molar-refractivity contribution in [3.8, 4) is 11.4 Å². The van der Waals surface area contributed by atoms with Crippen molar-refractivity contribution in [2.75, 3.05) is 23.3 Å². The van der Waals surface area contributed by atoms with Gasteiger partial charge in [0.2, 0.25) is 0 Å². The maximum Gasteiger partial charge on any atom is 0.257 e. The molecule has 10 heteroatoms. The number of nitrogens with zero attached hydrogens (tertiary/aromatic N) is 3. The molecule has 1 saturated carbocycles. The van der Waals surface area contributed by atoms with Gasteiger partial charge in [0.25, 0.3) is 11.8 Å². The van der Waals surface area contributed by atoms with E-state index in [1.54, 1.807) is 18.2 Å². The van der Waals surface area contributed by atoms with Gasteiger partial charge in [-0.25, -0.2) is 9.97 Å². The van der Waals surface area contributed by atoms with Gasteiger partial charge in [-0.3, -0.25) is 9.59 Å². The summed E-state index contributed by atoms with van der Waals surface area (Å²) >= 11 is 12.8. The van der Waals surface area contributed by atoms with Crippen molar-refractivity contribution < 1.29 is 14.7 Å². The van der Waals surface area contributed by atoms with E-state index in [0.717, 1.165) is 36.3 Å². The Bertz CT molecular complexity index is 1620. The van der Waals surface area contributed by atoms with Crippen LogP contribution in [0.3, 0.4) is 0 Å². The molecule has 2 fully saturated rings. The normalized spacial score (nSPS) is 15.5. The first-order chi connectivity index (χ1) is 18.8. The Labute approximate surface area is 235 Å². The van der Waals surface area contributed by atoms with Crippen LogP contribution in [0.4, 0.5) is 11.5 Å². The fourth-order valence-corrected chi connectivity index (χ4v) is 4.89. The fraction of sp³-hybridized carbons (Fsp3) is 0.241. The van der Waals surface area contributed by atoms with Crippen molar-refractivity contribution in [3.05, 3.63) is 81.8 Å². The monoisotopic (exact) mass is 561 g/mol. The van der Waals surface area contributed by atoms with E-state index in [1.165, 1.54) is 0 Å². The summed E-state index contributed by atoms with van der Waals surface area (Å²) in [6.07, 6.45) is 2.03.